The zero-order chi connectivity index (χ0) is 15.7. The number of nitrogens with one attached hydrogen (secondary N) is 2. The molecule has 0 saturated carbocycles. The minimum absolute atomic E-state index is 0.174. The number of anilines is 1. The molecule has 3 rings (SSSR count). The fourth-order valence-corrected chi connectivity index (χ4v) is 3.21. The Bertz CT molecular complexity index is 547. The maximum absolute atomic E-state index is 12.7. The van der Waals surface area contributed by atoms with Gasteiger partial charge in [-0.2, -0.15) is 13.2 Å². The molecular weight excluding hydrogens is 295 g/mol. The topological polar surface area (TPSA) is 44.4 Å². The highest BCUT2D eigenvalue weighted by Gasteiger charge is 2.36. The summed E-state index contributed by atoms with van der Waals surface area (Å²) in [5.74, 6) is 0.939. The van der Waals surface area contributed by atoms with E-state index in [1.165, 1.54) is 12.1 Å². The zero-order valence-corrected chi connectivity index (χ0v) is 12.0. The minimum atomic E-state index is -4.41. The number of hydrogen-bond acceptors (Lipinski definition) is 2. The van der Waals surface area contributed by atoms with Crippen LogP contribution in [0.25, 0.3) is 0 Å². The summed E-state index contributed by atoms with van der Waals surface area (Å²) in [6.45, 7) is 3.20. The minimum Gasteiger partial charge on any atom is -0.324 e. The smallest absolute Gasteiger partial charge is 0.324 e. The molecule has 0 aromatic heterocycles. The van der Waals surface area contributed by atoms with Crippen molar-refractivity contribution in [3.05, 3.63) is 29.8 Å². The van der Waals surface area contributed by atoms with Crippen LogP contribution in [-0.2, 0) is 6.18 Å². The normalized spacial score (nSPS) is 25.0. The van der Waals surface area contributed by atoms with Gasteiger partial charge in [0.2, 0.25) is 0 Å². The summed E-state index contributed by atoms with van der Waals surface area (Å²) in [4.78, 5) is 13.9. The molecule has 0 aliphatic carbocycles. The number of halogens is 3. The highest BCUT2D eigenvalue weighted by Crippen LogP contribution is 2.31. The maximum Gasteiger partial charge on any atom is 0.416 e. The number of benzene rings is 1. The molecule has 2 aliphatic heterocycles. The van der Waals surface area contributed by atoms with Crippen LogP contribution in [-0.4, -0.2) is 37.1 Å². The van der Waals surface area contributed by atoms with Crippen molar-refractivity contribution < 1.29 is 18.0 Å². The van der Waals surface area contributed by atoms with Crippen LogP contribution in [0.1, 0.15) is 12.0 Å². The Labute approximate surface area is 126 Å². The van der Waals surface area contributed by atoms with Crippen molar-refractivity contribution >= 4 is 11.7 Å². The monoisotopic (exact) mass is 313 g/mol. The summed E-state index contributed by atoms with van der Waals surface area (Å²) in [6.07, 6.45) is -3.37. The molecule has 0 bridgehead atoms. The highest BCUT2D eigenvalue weighted by molar-refractivity contribution is 5.89. The van der Waals surface area contributed by atoms with E-state index >= 15 is 0 Å². The van der Waals surface area contributed by atoms with E-state index in [0.29, 0.717) is 24.9 Å². The van der Waals surface area contributed by atoms with E-state index in [4.69, 9.17) is 0 Å². The molecule has 2 saturated heterocycles. The first kappa shape index (κ1) is 15.1. The SMILES string of the molecule is O=C(Nc1cccc(C(F)(F)F)c1)N1CC2CCNCC2C1. The van der Waals surface area contributed by atoms with Gasteiger partial charge >= 0.3 is 12.2 Å². The molecule has 22 heavy (non-hydrogen) atoms. The number of carbonyl (C=O) groups excluding carboxylic acids is 1. The van der Waals surface area contributed by atoms with Crippen molar-refractivity contribution in [1.82, 2.24) is 10.2 Å². The van der Waals surface area contributed by atoms with Gasteiger partial charge in [0.1, 0.15) is 0 Å². The Balaban J connectivity index is 1.65. The van der Waals surface area contributed by atoms with Crippen molar-refractivity contribution in [3.8, 4) is 0 Å². The number of nitrogens with zero attached hydrogens (tertiary/aromatic N) is 1. The van der Waals surface area contributed by atoms with Crippen molar-refractivity contribution in [2.24, 2.45) is 11.8 Å². The lowest BCUT2D eigenvalue weighted by atomic mass is 9.90. The van der Waals surface area contributed by atoms with Crippen LogP contribution < -0.4 is 10.6 Å². The summed E-state index contributed by atoms with van der Waals surface area (Å²) in [5.41, 5.74) is -0.586. The lowest BCUT2D eigenvalue weighted by Gasteiger charge is -2.23. The fourth-order valence-electron chi connectivity index (χ4n) is 3.21. The number of likely N-dealkylation sites (tertiary alicyclic amines) is 1. The van der Waals surface area contributed by atoms with Crippen molar-refractivity contribution in [2.75, 3.05) is 31.5 Å². The Morgan fingerprint density at radius 1 is 1.27 bits per heavy atom. The number of fused-ring (bicyclic) bond motifs is 1. The number of amides is 2. The first-order chi connectivity index (χ1) is 10.4. The van der Waals surface area contributed by atoms with E-state index in [9.17, 15) is 18.0 Å². The number of piperidine rings is 1. The average molecular weight is 313 g/mol. The predicted molar refractivity (Wildman–Crippen MR) is 76.5 cm³/mol. The molecule has 2 amide bonds. The third-order valence-electron chi connectivity index (χ3n) is 4.40. The van der Waals surface area contributed by atoms with Crippen LogP contribution in [0.3, 0.4) is 0 Å². The van der Waals surface area contributed by atoms with Crippen LogP contribution in [0, 0.1) is 11.8 Å². The van der Waals surface area contributed by atoms with Crippen LogP contribution >= 0.6 is 0 Å². The zero-order valence-electron chi connectivity index (χ0n) is 12.0. The lowest BCUT2D eigenvalue weighted by molar-refractivity contribution is -0.137. The molecule has 120 valence electrons. The van der Waals surface area contributed by atoms with E-state index in [1.54, 1.807) is 4.90 Å². The molecule has 2 N–H and O–H groups in total. The molecule has 2 heterocycles. The third kappa shape index (κ3) is 3.19. The summed E-state index contributed by atoms with van der Waals surface area (Å²) in [6, 6.07) is 4.40. The second-order valence-corrected chi connectivity index (χ2v) is 5.93. The van der Waals surface area contributed by atoms with Crippen LogP contribution in [0.4, 0.5) is 23.7 Å². The molecule has 1 aromatic rings. The molecule has 7 heteroatoms. The molecule has 2 unspecified atom stereocenters. The first-order valence-electron chi connectivity index (χ1n) is 7.37. The lowest BCUT2D eigenvalue weighted by Crippen LogP contribution is -2.35. The Morgan fingerprint density at radius 2 is 2.05 bits per heavy atom. The second-order valence-electron chi connectivity index (χ2n) is 5.93. The number of rotatable bonds is 1. The Morgan fingerprint density at radius 3 is 2.77 bits per heavy atom. The first-order valence-corrected chi connectivity index (χ1v) is 7.37. The summed E-state index contributed by atoms with van der Waals surface area (Å²) in [7, 11) is 0. The van der Waals surface area contributed by atoms with Crippen LogP contribution in [0.2, 0.25) is 0 Å². The van der Waals surface area contributed by atoms with Crippen LogP contribution in [0.15, 0.2) is 24.3 Å². The second kappa shape index (κ2) is 5.79. The number of alkyl halides is 3. The molecule has 2 atom stereocenters. The van der Waals surface area contributed by atoms with Crippen molar-refractivity contribution in [1.29, 1.82) is 0 Å². The van der Waals surface area contributed by atoms with Crippen molar-refractivity contribution in [3.63, 3.8) is 0 Å². The van der Waals surface area contributed by atoms with Gasteiger partial charge in [0, 0.05) is 18.8 Å². The van der Waals surface area contributed by atoms with Crippen LogP contribution in [0.5, 0.6) is 0 Å². The van der Waals surface area contributed by atoms with E-state index in [2.05, 4.69) is 10.6 Å². The summed E-state index contributed by atoms with van der Waals surface area (Å²) in [5, 5.41) is 5.88. The molecule has 2 fully saturated rings. The summed E-state index contributed by atoms with van der Waals surface area (Å²) >= 11 is 0. The molecule has 0 spiro atoms. The molecule has 4 nitrogen and oxygen atoms in total. The van der Waals surface area contributed by atoms with Gasteiger partial charge in [-0.15, -0.1) is 0 Å². The van der Waals surface area contributed by atoms with Gasteiger partial charge in [0.15, 0.2) is 0 Å². The number of hydrogen-bond donors (Lipinski definition) is 2. The fraction of sp³-hybridized carbons (Fsp3) is 0.533. The van der Waals surface area contributed by atoms with Gasteiger partial charge in [0.05, 0.1) is 5.56 Å². The van der Waals surface area contributed by atoms with Gasteiger partial charge in [-0.3, -0.25) is 0 Å². The maximum atomic E-state index is 12.7. The summed E-state index contributed by atoms with van der Waals surface area (Å²) < 4.78 is 38.0. The number of urea groups is 1. The van der Waals surface area contributed by atoms with Gasteiger partial charge < -0.3 is 15.5 Å². The molecule has 0 radical (unpaired) electrons. The highest BCUT2D eigenvalue weighted by atomic mass is 19.4. The van der Waals surface area contributed by atoms with Gasteiger partial charge in [0.25, 0.3) is 0 Å². The largest absolute Gasteiger partial charge is 0.416 e. The van der Waals surface area contributed by atoms with E-state index in [1.807, 2.05) is 0 Å². The third-order valence-corrected chi connectivity index (χ3v) is 4.40. The predicted octanol–water partition coefficient (Wildman–Crippen LogP) is 2.78. The van der Waals surface area contributed by atoms with E-state index in [-0.39, 0.29) is 11.7 Å². The Hall–Kier alpha value is -1.76. The standard InChI is InChI=1S/C15H18F3N3O/c16-15(17,18)12-2-1-3-13(6-12)20-14(22)21-8-10-4-5-19-7-11(10)9-21/h1-3,6,10-11,19H,4-5,7-9H2,(H,20,22). The molecule has 1 aromatic carbocycles. The average Bonchev–Trinajstić information content (AvgIpc) is 2.90. The van der Waals surface area contributed by atoms with E-state index < -0.39 is 11.7 Å². The van der Waals surface area contributed by atoms with Crippen molar-refractivity contribution in [2.45, 2.75) is 12.6 Å². The van der Waals surface area contributed by atoms with Gasteiger partial charge in [-0.05, 0) is 49.5 Å². The number of carbonyl (C=O) groups is 1. The van der Waals surface area contributed by atoms with E-state index in [0.717, 1.165) is 31.6 Å². The molecule has 2 aliphatic rings. The Kier molecular flexibility index (Phi) is 3.99. The van der Waals surface area contributed by atoms with Gasteiger partial charge in [-0.25, -0.2) is 4.79 Å². The van der Waals surface area contributed by atoms with Gasteiger partial charge in [-0.1, -0.05) is 6.07 Å². The quantitative estimate of drug-likeness (QED) is 0.837. The molecular formula is C15H18F3N3O.